The molecule has 0 bridgehead atoms. The molecule has 6 nitrogen and oxygen atoms in total. The summed E-state index contributed by atoms with van der Waals surface area (Å²) >= 11 is 2.04. The smallest absolute Gasteiger partial charge is 0.339 e. The summed E-state index contributed by atoms with van der Waals surface area (Å²) in [5.41, 5.74) is -3.02. The third kappa shape index (κ3) is 15.5. The lowest BCUT2D eigenvalue weighted by molar-refractivity contribution is -0.188. The van der Waals surface area contributed by atoms with E-state index in [2.05, 4.69) is 6.92 Å². The Balaban J connectivity index is 4.45. The molecule has 0 heterocycles. The van der Waals surface area contributed by atoms with Crippen molar-refractivity contribution < 1.29 is 29.3 Å². The molecule has 2 atom stereocenters. The number of ether oxygens (including phenoxy) is 2. The average Bonchev–Trinajstić information content (AvgIpc) is 2.73. The summed E-state index contributed by atoms with van der Waals surface area (Å²) in [6.07, 6.45) is 14.8. The fourth-order valence-corrected chi connectivity index (χ4v) is 4.44. The van der Waals surface area contributed by atoms with Gasteiger partial charge in [-0.25, -0.2) is 4.79 Å². The van der Waals surface area contributed by atoms with Crippen molar-refractivity contribution in [1.82, 2.24) is 0 Å². The van der Waals surface area contributed by atoms with Crippen LogP contribution in [0.25, 0.3) is 0 Å². The monoisotopic (exact) mass is 488 g/mol. The molecule has 0 aromatic heterocycles. The lowest BCUT2D eigenvalue weighted by Crippen LogP contribution is -2.52. The van der Waals surface area contributed by atoms with Gasteiger partial charge in [-0.1, -0.05) is 57.6 Å². The Kier molecular flexibility index (Phi) is 17.7. The summed E-state index contributed by atoms with van der Waals surface area (Å²) in [6.45, 7) is 7.32. The molecule has 0 amide bonds. The number of hydrogen-bond donors (Lipinski definition) is 2. The van der Waals surface area contributed by atoms with E-state index in [9.17, 15) is 19.8 Å². The zero-order valence-electron chi connectivity index (χ0n) is 21.6. The number of aliphatic carboxylic acids is 1. The van der Waals surface area contributed by atoms with Crippen LogP contribution in [0.5, 0.6) is 0 Å². The number of unbranched alkanes of at least 4 members (excludes halogenated alkanes) is 8. The van der Waals surface area contributed by atoms with Crippen molar-refractivity contribution in [2.24, 2.45) is 5.92 Å². The van der Waals surface area contributed by atoms with Gasteiger partial charge in [-0.2, -0.15) is 11.8 Å². The third-order valence-electron chi connectivity index (χ3n) is 5.35. The molecule has 33 heavy (non-hydrogen) atoms. The number of carbonyl (C=O) groups excluding carboxylic acids is 1. The summed E-state index contributed by atoms with van der Waals surface area (Å²) in [4.78, 5) is 24.5. The molecule has 0 spiro atoms. The number of carboxylic acid groups (broad SMARTS) is 1. The summed E-state index contributed by atoms with van der Waals surface area (Å²) in [6, 6.07) is 0. The zero-order chi connectivity index (χ0) is 25.2. The number of hydrogen-bond acceptors (Lipinski definition) is 6. The minimum absolute atomic E-state index is 0.0457. The van der Waals surface area contributed by atoms with E-state index in [1.165, 1.54) is 63.2 Å². The van der Waals surface area contributed by atoms with Crippen LogP contribution in [0.2, 0.25) is 0 Å². The SMILES string of the molecule is CCCCCCCSCCCCCC/C=C/[C@H](C(=O)O)[C@@](O)(CCOC)C(=O)OC(C)(C)C. The summed E-state index contributed by atoms with van der Waals surface area (Å²) < 4.78 is 10.3. The van der Waals surface area contributed by atoms with E-state index in [1.807, 2.05) is 11.8 Å². The van der Waals surface area contributed by atoms with Gasteiger partial charge in [0, 0.05) is 20.1 Å². The van der Waals surface area contributed by atoms with E-state index in [0.29, 0.717) is 6.42 Å². The van der Waals surface area contributed by atoms with Gasteiger partial charge < -0.3 is 19.7 Å². The molecule has 0 fully saturated rings. The van der Waals surface area contributed by atoms with Gasteiger partial charge in [-0.05, 0) is 58.0 Å². The van der Waals surface area contributed by atoms with Gasteiger partial charge in [0.15, 0.2) is 5.60 Å². The highest BCUT2D eigenvalue weighted by atomic mass is 32.2. The lowest BCUT2D eigenvalue weighted by Gasteiger charge is -2.33. The maximum atomic E-state index is 12.7. The first-order valence-electron chi connectivity index (χ1n) is 12.5. The Hall–Kier alpha value is -1.05. The van der Waals surface area contributed by atoms with Gasteiger partial charge >= 0.3 is 11.9 Å². The zero-order valence-corrected chi connectivity index (χ0v) is 22.4. The first kappa shape index (κ1) is 31.9. The number of carboxylic acids is 1. The third-order valence-corrected chi connectivity index (χ3v) is 6.51. The van der Waals surface area contributed by atoms with Crippen molar-refractivity contribution in [1.29, 1.82) is 0 Å². The first-order chi connectivity index (χ1) is 15.6. The largest absolute Gasteiger partial charge is 0.481 e. The highest BCUT2D eigenvalue weighted by molar-refractivity contribution is 7.99. The van der Waals surface area contributed by atoms with Crippen molar-refractivity contribution in [3.63, 3.8) is 0 Å². The fourth-order valence-electron chi connectivity index (χ4n) is 3.42. The quantitative estimate of drug-likeness (QED) is 0.123. The molecule has 194 valence electrons. The normalized spacial score (nSPS) is 14.8. The molecule has 0 aromatic rings. The highest BCUT2D eigenvalue weighted by Crippen LogP contribution is 2.28. The van der Waals surface area contributed by atoms with E-state index >= 15 is 0 Å². The molecule has 0 aliphatic heterocycles. The van der Waals surface area contributed by atoms with E-state index in [4.69, 9.17) is 9.47 Å². The van der Waals surface area contributed by atoms with Crippen LogP contribution < -0.4 is 0 Å². The molecule has 0 saturated carbocycles. The average molecular weight is 489 g/mol. The Morgan fingerprint density at radius 3 is 2.06 bits per heavy atom. The standard InChI is InChI=1S/C26H48O6S/c1-6-7-8-12-15-20-33-21-16-13-10-9-11-14-17-22(23(27)28)26(30,18-19-31-5)24(29)32-25(2,3)4/h14,17,22,30H,6-13,15-16,18-21H2,1-5H3,(H,27,28)/b17-14+/t22-,26+/m1/s1. The Labute approximate surface area is 205 Å². The minimum Gasteiger partial charge on any atom is -0.481 e. The maximum Gasteiger partial charge on any atom is 0.339 e. The molecular weight excluding hydrogens is 440 g/mol. The highest BCUT2D eigenvalue weighted by Gasteiger charge is 2.48. The van der Waals surface area contributed by atoms with Crippen LogP contribution in [-0.4, -0.2) is 58.6 Å². The lowest BCUT2D eigenvalue weighted by atomic mass is 9.83. The Morgan fingerprint density at radius 2 is 1.55 bits per heavy atom. The van der Waals surface area contributed by atoms with Gasteiger partial charge in [0.05, 0.1) is 0 Å². The van der Waals surface area contributed by atoms with Crippen molar-refractivity contribution >= 4 is 23.7 Å². The van der Waals surface area contributed by atoms with Gasteiger partial charge in [0.25, 0.3) is 0 Å². The maximum absolute atomic E-state index is 12.7. The number of carbonyl (C=O) groups is 2. The molecule has 0 radical (unpaired) electrons. The predicted molar refractivity (Wildman–Crippen MR) is 137 cm³/mol. The molecule has 7 heteroatoms. The molecule has 2 N–H and O–H groups in total. The van der Waals surface area contributed by atoms with Gasteiger partial charge in [0.2, 0.25) is 0 Å². The number of aliphatic hydroxyl groups is 1. The van der Waals surface area contributed by atoms with Crippen molar-refractivity contribution in [2.75, 3.05) is 25.2 Å². The fraction of sp³-hybridized carbons (Fsp3) is 0.846. The molecule has 0 aromatic carbocycles. The first-order valence-corrected chi connectivity index (χ1v) is 13.7. The number of methoxy groups -OCH3 is 1. The number of rotatable bonds is 20. The summed E-state index contributed by atoms with van der Waals surface area (Å²) in [7, 11) is 1.44. The second-order valence-corrected chi connectivity index (χ2v) is 10.9. The number of thioether (sulfide) groups is 1. The summed E-state index contributed by atoms with van der Waals surface area (Å²) in [5.74, 6) is -1.13. The van der Waals surface area contributed by atoms with Gasteiger partial charge in [-0.3, -0.25) is 4.79 Å². The second-order valence-electron chi connectivity index (χ2n) is 9.64. The molecular formula is C26H48O6S. The second kappa shape index (κ2) is 18.3. The molecule has 0 saturated heterocycles. The number of allylic oxidation sites excluding steroid dienone is 1. The molecule has 0 aliphatic carbocycles. The van der Waals surface area contributed by atoms with Crippen LogP contribution in [0.3, 0.4) is 0 Å². The van der Waals surface area contributed by atoms with Crippen LogP contribution >= 0.6 is 11.8 Å². The van der Waals surface area contributed by atoms with Crippen LogP contribution in [0, 0.1) is 5.92 Å². The predicted octanol–water partition coefficient (Wildman–Crippen LogP) is 6.01. The Bertz CT molecular complexity index is 557. The van der Waals surface area contributed by atoms with Gasteiger partial charge in [0.1, 0.15) is 11.5 Å². The van der Waals surface area contributed by atoms with Crippen molar-refractivity contribution in [2.45, 2.75) is 110 Å². The van der Waals surface area contributed by atoms with Crippen LogP contribution in [0.1, 0.15) is 98.3 Å². The Morgan fingerprint density at radius 1 is 0.970 bits per heavy atom. The summed E-state index contributed by atoms with van der Waals surface area (Å²) in [5, 5.41) is 20.7. The molecule has 0 rings (SSSR count). The van der Waals surface area contributed by atoms with Crippen LogP contribution in [0.15, 0.2) is 12.2 Å². The number of esters is 1. The van der Waals surface area contributed by atoms with Gasteiger partial charge in [-0.15, -0.1) is 0 Å². The molecule has 0 unspecified atom stereocenters. The van der Waals surface area contributed by atoms with Crippen LogP contribution in [-0.2, 0) is 19.1 Å². The van der Waals surface area contributed by atoms with E-state index < -0.39 is 29.1 Å². The van der Waals surface area contributed by atoms with E-state index in [1.54, 1.807) is 26.8 Å². The molecule has 0 aliphatic rings. The van der Waals surface area contributed by atoms with Crippen molar-refractivity contribution in [3.8, 4) is 0 Å². The van der Waals surface area contributed by atoms with Crippen LogP contribution in [0.4, 0.5) is 0 Å². The minimum atomic E-state index is -2.18. The topological polar surface area (TPSA) is 93.1 Å². The van der Waals surface area contributed by atoms with E-state index in [0.717, 1.165) is 19.3 Å². The van der Waals surface area contributed by atoms with Crippen molar-refractivity contribution in [3.05, 3.63) is 12.2 Å². The van der Waals surface area contributed by atoms with E-state index in [-0.39, 0.29) is 13.0 Å².